The highest BCUT2D eigenvalue weighted by Crippen LogP contribution is 2.32. The van der Waals surface area contributed by atoms with Crippen molar-refractivity contribution >= 4 is 21.6 Å². The van der Waals surface area contributed by atoms with E-state index in [2.05, 4.69) is 31.3 Å². The number of hydrogen-bond donors (Lipinski definition) is 1. The van der Waals surface area contributed by atoms with Crippen LogP contribution in [0.25, 0.3) is 0 Å². The molecule has 1 heterocycles. The van der Waals surface area contributed by atoms with Crippen molar-refractivity contribution in [1.82, 2.24) is 5.32 Å². The molecule has 1 aliphatic heterocycles. The average Bonchev–Trinajstić information content (AvgIpc) is 2.84. The Labute approximate surface area is 208 Å². The Balaban J connectivity index is 1.38. The Kier molecular flexibility index (Phi) is 7.17. The number of carbonyl (C=O) groups is 1. The Morgan fingerprint density at radius 3 is 2.43 bits per heavy atom. The molecule has 35 heavy (non-hydrogen) atoms. The van der Waals surface area contributed by atoms with E-state index in [9.17, 15) is 13.2 Å². The maximum Gasteiger partial charge on any atom is 0.264 e. The minimum atomic E-state index is -3.68. The van der Waals surface area contributed by atoms with Crippen LogP contribution in [0.2, 0.25) is 0 Å². The van der Waals surface area contributed by atoms with Gasteiger partial charge in [-0.2, -0.15) is 0 Å². The lowest BCUT2D eigenvalue weighted by atomic mass is 9.96. The molecule has 0 fully saturated rings. The molecule has 0 aliphatic carbocycles. The lowest BCUT2D eigenvalue weighted by Crippen LogP contribution is -2.35. The molecule has 0 unspecified atom stereocenters. The minimum Gasteiger partial charge on any atom is -0.484 e. The van der Waals surface area contributed by atoms with Gasteiger partial charge in [-0.15, -0.1) is 0 Å². The van der Waals surface area contributed by atoms with Crippen LogP contribution >= 0.6 is 0 Å². The van der Waals surface area contributed by atoms with E-state index in [1.54, 1.807) is 12.1 Å². The number of benzene rings is 3. The zero-order valence-electron chi connectivity index (χ0n) is 20.7. The molecule has 184 valence electrons. The van der Waals surface area contributed by atoms with Crippen molar-refractivity contribution in [2.75, 3.05) is 17.5 Å². The summed E-state index contributed by atoms with van der Waals surface area (Å²) in [4.78, 5) is 12.7. The van der Waals surface area contributed by atoms with Crippen LogP contribution in [0.15, 0.2) is 65.6 Å². The normalized spacial score (nSPS) is 14.2. The van der Waals surface area contributed by atoms with Crippen molar-refractivity contribution in [2.24, 2.45) is 0 Å². The highest BCUT2D eigenvalue weighted by Gasteiger charge is 2.28. The standard InChI is InChI=1S/C28H32N2O4S/c1-19-16-21(3)26(17-20(19)2)22(4)29-28(31)18-34-24-11-13-25(14-12-24)35(32,33)30-15-7-9-23-8-5-6-10-27(23)30/h5-6,8,10-14,16-17,22H,7,9,15,18H2,1-4H3,(H,29,31)/t22-/m1/s1. The number of para-hydroxylation sites is 1. The van der Waals surface area contributed by atoms with Crippen LogP contribution in [0, 0.1) is 20.8 Å². The van der Waals surface area contributed by atoms with Crippen LogP contribution in [0.3, 0.4) is 0 Å². The maximum atomic E-state index is 13.3. The first-order chi connectivity index (χ1) is 16.7. The molecule has 7 heteroatoms. The summed E-state index contributed by atoms with van der Waals surface area (Å²) in [6.07, 6.45) is 1.66. The number of anilines is 1. The Bertz CT molecular complexity index is 1330. The molecular formula is C28H32N2O4S. The summed E-state index contributed by atoms with van der Waals surface area (Å²) in [6, 6.07) is 17.9. The number of carbonyl (C=O) groups excluding carboxylic acids is 1. The molecule has 1 amide bonds. The molecule has 0 saturated heterocycles. The molecule has 6 nitrogen and oxygen atoms in total. The zero-order valence-corrected chi connectivity index (χ0v) is 21.5. The quantitative estimate of drug-likeness (QED) is 0.503. The minimum absolute atomic E-state index is 0.148. The predicted molar refractivity (Wildman–Crippen MR) is 138 cm³/mol. The van der Waals surface area contributed by atoms with E-state index in [4.69, 9.17) is 4.74 Å². The number of aryl methyl sites for hydroxylation is 4. The van der Waals surface area contributed by atoms with Crippen molar-refractivity contribution in [1.29, 1.82) is 0 Å². The highest BCUT2D eigenvalue weighted by atomic mass is 32.2. The fourth-order valence-electron chi connectivity index (χ4n) is 4.54. The van der Waals surface area contributed by atoms with Gasteiger partial charge in [0.2, 0.25) is 0 Å². The fraction of sp³-hybridized carbons (Fsp3) is 0.321. The summed E-state index contributed by atoms with van der Waals surface area (Å²) in [6.45, 7) is 8.43. The van der Waals surface area contributed by atoms with Crippen molar-refractivity contribution in [3.63, 3.8) is 0 Å². The van der Waals surface area contributed by atoms with Gasteiger partial charge in [0.15, 0.2) is 6.61 Å². The molecule has 0 radical (unpaired) electrons. The smallest absolute Gasteiger partial charge is 0.264 e. The second-order valence-electron chi connectivity index (χ2n) is 9.15. The summed E-state index contributed by atoms with van der Waals surface area (Å²) in [5.41, 5.74) is 6.40. The van der Waals surface area contributed by atoms with Crippen LogP contribution in [0.1, 0.15) is 47.2 Å². The lowest BCUT2D eigenvalue weighted by molar-refractivity contribution is -0.123. The van der Waals surface area contributed by atoms with Gasteiger partial charge in [-0.05, 0) is 98.7 Å². The summed E-state index contributed by atoms with van der Waals surface area (Å²) in [7, 11) is -3.68. The molecule has 3 aromatic carbocycles. The Morgan fingerprint density at radius 1 is 1.00 bits per heavy atom. The van der Waals surface area contributed by atoms with E-state index in [0.29, 0.717) is 12.3 Å². The first kappa shape index (κ1) is 24.8. The molecular weight excluding hydrogens is 460 g/mol. The van der Waals surface area contributed by atoms with Gasteiger partial charge in [-0.1, -0.05) is 30.3 Å². The van der Waals surface area contributed by atoms with Gasteiger partial charge in [0.05, 0.1) is 16.6 Å². The van der Waals surface area contributed by atoms with Crippen molar-refractivity contribution in [3.8, 4) is 5.75 Å². The van der Waals surface area contributed by atoms with Crippen LogP contribution in [0.5, 0.6) is 5.75 Å². The van der Waals surface area contributed by atoms with E-state index in [1.807, 2.05) is 38.1 Å². The lowest BCUT2D eigenvalue weighted by Gasteiger charge is -2.30. The second-order valence-corrected chi connectivity index (χ2v) is 11.0. The number of ether oxygens (including phenoxy) is 1. The molecule has 0 aromatic heterocycles. The average molecular weight is 493 g/mol. The monoisotopic (exact) mass is 492 g/mol. The highest BCUT2D eigenvalue weighted by molar-refractivity contribution is 7.92. The van der Waals surface area contributed by atoms with Crippen LogP contribution in [-0.2, 0) is 21.2 Å². The van der Waals surface area contributed by atoms with Gasteiger partial charge in [-0.25, -0.2) is 8.42 Å². The van der Waals surface area contributed by atoms with Gasteiger partial charge < -0.3 is 10.1 Å². The third-order valence-electron chi connectivity index (χ3n) is 6.58. The Hall–Kier alpha value is -3.32. The number of sulfonamides is 1. The first-order valence-electron chi connectivity index (χ1n) is 11.9. The molecule has 1 aliphatic rings. The van der Waals surface area contributed by atoms with Gasteiger partial charge >= 0.3 is 0 Å². The fourth-order valence-corrected chi connectivity index (χ4v) is 6.08. The number of amides is 1. The second kappa shape index (κ2) is 10.1. The van der Waals surface area contributed by atoms with Crippen LogP contribution in [-0.4, -0.2) is 27.5 Å². The Morgan fingerprint density at radius 2 is 1.69 bits per heavy atom. The molecule has 1 atom stereocenters. The largest absolute Gasteiger partial charge is 0.484 e. The van der Waals surface area contributed by atoms with E-state index in [1.165, 1.54) is 27.6 Å². The van der Waals surface area contributed by atoms with Crippen molar-refractivity contribution < 1.29 is 17.9 Å². The first-order valence-corrected chi connectivity index (χ1v) is 13.3. The van der Waals surface area contributed by atoms with Crippen molar-refractivity contribution in [2.45, 2.75) is 51.5 Å². The van der Waals surface area contributed by atoms with Gasteiger partial charge in [-0.3, -0.25) is 9.10 Å². The van der Waals surface area contributed by atoms with E-state index < -0.39 is 10.0 Å². The summed E-state index contributed by atoms with van der Waals surface area (Å²) in [5.74, 6) is 0.199. The van der Waals surface area contributed by atoms with E-state index in [0.717, 1.165) is 35.2 Å². The molecule has 0 bridgehead atoms. The maximum absolute atomic E-state index is 13.3. The number of rotatable bonds is 7. The van der Waals surface area contributed by atoms with Crippen LogP contribution in [0.4, 0.5) is 5.69 Å². The third-order valence-corrected chi connectivity index (χ3v) is 8.40. The molecule has 0 spiro atoms. The third kappa shape index (κ3) is 5.35. The van der Waals surface area contributed by atoms with Crippen LogP contribution < -0.4 is 14.4 Å². The number of hydrogen-bond acceptors (Lipinski definition) is 4. The van der Waals surface area contributed by atoms with Gasteiger partial charge in [0.1, 0.15) is 5.75 Å². The summed E-state index contributed by atoms with van der Waals surface area (Å²) < 4.78 is 33.7. The topological polar surface area (TPSA) is 75.7 Å². The molecule has 1 N–H and O–H groups in total. The number of nitrogens with zero attached hydrogens (tertiary/aromatic N) is 1. The molecule has 4 rings (SSSR count). The molecule has 3 aromatic rings. The van der Waals surface area contributed by atoms with E-state index in [-0.39, 0.29) is 23.5 Å². The molecule has 0 saturated carbocycles. The van der Waals surface area contributed by atoms with Gasteiger partial charge in [0, 0.05) is 6.54 Å². The number of nitrogens with one attached hydrogen (secondary N) is 1. The van der Waals surface area contributed by atoms with E-state index >= 15 is 0 Å². The summed E-state index contributed by atoms with van der Waals surface area (Å²) in [5, 5.41) is 2.98. The predicted octanol–water partition coefficient (Wildman–Crippen LogP) is 5.01. The summed E-state index contributed by atoms with van der Waals surface area (Å²) >= 11 is 0. The van der Waals surface area contributed by atoms with Crippen molar-refractivity contribution in [3.05, 3.63) is 88.5 Å². The zero-order chi connectivity index (χ0) is 25.2. The SMILES string of the molecule is Cc1cc(C)c([C@@H](C)NC(=O)COc2ccc(S(=O)(=O)N3CCCc4ccccc43)cc2)cc1C. The van der Waals surface area contributed by atoms with Gasteiger partial charge in [0.25, 0.3) is 15.9 Å². The number of fused-ring (bicyclic) bond motifs is 1.